The van der Waals surface area contributed by atoms with E-state index in [2.05, 4.69) is 5.10 Å². The number of hydrogen-bond donors (Lipinski definition) is 1. The molecule has 1 saturated carbocycles. The van der Waals surface area contributed by atoms with Crippen LogP contribution in [0.1, 0.15) is 35.3 Å². The summed E-state index contributed by atoms with van der Waals surface area (Å²) >= 11 is 0. The van der Waals surface area contributed by atoms with E-state index in [0.717, 1.165) is 18.4 Å². The summed E-state index contributed by atoms with van der Waals surface area (Å²) in [6.07, 6.45) is 5.10. The van der Waals surface area contributed by atoms with Crippen LogP contribution < -0.4 is 0 Å². The Morgan fingerprint density at radius 1 is 1.35 bits per heavy atom. The van der Waals surface area contributed by atoms with Crippen molar-refractivity contribution in [3.63, 3.8) is 0 Å². The van der Waals surface area contributed by atoms with Gasteiger partial charge in [-0.15, -0.1) is 0 Å². The predicted octanol–water partition coefficient (Wildman–Crippen LogP) is 2.22. The molecule has 0 aliphatic heterocycles. The number of carbonyl (C=O) groups excluding carboxylic acids is 1. The van der Waals surface area contributed by atoms with Crippen LogP contribution in [-0.2, 0) is 13.6 Å². The number of aromatic nitrogens is 2. The molecule has 1 N–H and O–H groups in total. The van der Waals surface area contributed by atoms with Gasteiger partial charge in [0.2, 0.25) is 0 Å². The molecule has 2 aromatic rings. The van der Waals surface area contributed by atoms with Gasteiger partial charge in [0.15, 0.2) is 0 Å². The Balaban J connectivity index is 1.86. The molecule has 1 unspecified atom stereocenters. The number of aliphatic hydroxyl groups excluding tert-OH is 1. The number of amides is 1. The third kappa shape index (κ3) is 3.45. The number of nitrogens with zero attached hydrogens (tertiary/aromatic N) is 3. The van der Waals surface area contributed by atoms with Crippen LogP contribution in [0.4, 0.5) is 0 Å². The molecule has 5 heteroatoms. The van der Waals surface area contributed by atoms with Crippen LogP contribution in [0.3, 0.4) is 0 Å². The fraction of sp³-hybridized carbons (Fsp3) is 0.444. The van der Waals surface area contributed by atoms with Gasteiger partial charge in [-0.05, 0) is 30.4 Å². The monoisotopic (exact) mass is 313 g/mol. The Labute approximate surface area is 136 Å². The number of aryl methyl sites for hydroxylation is 1. The van der Waals surface area contributed by atoms with Gasteiger partial charge in [0.1, 0.15) is 5.69 Å². The quantitative estimate of drug-likeness (QED) is 0.889. The molecule has 0 saturated heterocycles. The Hall–Kier alpha value is -2.14. The Kier molecular flexibility index (Phi) is 4.76. The molecule has 1 amide bonds. The normalized spacial score (nSPS) is 15.9. The molecule has 1 aromatic carbocycles. The summed E-state index contributed by atoms with van der Waals surface area (Å²) in [7, 11) is 1.80. The van der Waals surface area contributed by atoms with Gasteiger partial charge in [-0.25, -0.2) is 0 Å². The lowest BCUT2D eigenvalue weighted by atomic mass is 9.79. The van der Waals surface area contributed by atoms with E-state index < -0.39 is 0 Å². The third-order valence-electron chi connectivity index (χ3n) is 4.67. The molecule has 0 bridgehead atoms. The Bertz CT molecular complexity index is 649. The van der Waals surface area contributed by atoms with Gasteiger partial charge in [0, 0.05) is 19.8 Å². The van der Waals surface area contributed by atoms with Crippen LogP contribution >= 0.6 is 0 Å². The Morgan fingerprint density at radius 3 is 2.61 bits per heavy atom. The first kappa shape index (κ1) is 15.7. The predicted molar refractivity (Wildman–Crippen MR) is 87.7 cm³/mol. The lowest BCUT2D eigenvalue weighted by molar-refractivity contribution is 0.0308. The van der Waals surface area contributed by atoms with E-state index in [0.29, 0.717) is 18.2 Å². The zero-order valence-corrected chi connectivity index (χ0v) is 13.4. The SMILES string of the molecule is Cn1ccc(C(=O)N(Cc2ccccc2)C(CO)C2CCC2)n1. The molecule has 23 heavy (non-hydrogen) atoms. The molecule has 0 radical (unpaired) electrons. The molecule has 122 valence electrons. The fourth-order valence-corrected chi connectivity index (χ4v) is 3.12. The maximum absolute atomic E-state index is 12.9. The molecular weight excluding hydrogens is 290 g/mol. The highest BCUT2D eigenvalue weighted by Gasteiger charge is 2.34. The van der Waals surface area contributed by atoms with Crippen molar-refractivity contribution in [3.8, 4) is 0 Å². The maximum Gasteiger partial charge on any atom is 0.274 e. The van der Waals surface area contributed by atoms with Crippen molar-refractivity contribution in [3.05, 3.63) is 53.9 Å². The van der Waals surface area contributed by atoms with E-state index in [1.807, 2.05) is 30.3 Å². The first-order valence-electron chi connectivity index (χ1n) is 8.14. The van der Waals surface area contributed by atoms with Gasteiger partial charge >= 0.3 is 0 Å². The average molecular weight is 313 g/mol. The zero-order valence-electron chi connectivity index (χ0n) is 13.4. The largest absolute Gasteiger partial charge is 0.394 e. The number of hydrogen-bond acceptors (Lipinski definition) is 3. The van der Waals surface area contributed by atoms with Crippen LogP contribution in [0.2, 0.25) is 0 Å². The average Bonchev–Trinajstić information content (AvgIpc) is 2.95. The standard InChI is InChI=1S/C18H23N3O2/c1-20-11-10-16(19-20)18(23)21(12-14-6-3-2-4-7-14)17(13-22)15-8-5-9-15/h2-4,6-7,10-11,15,17,22H,5,8-9,12-13H2,1H3. The lowest BCUT2D eigenvalue weighted by Gasteiger charge is -2.40. The van der Waals surface area contributed by atoms with Gasteiger partial charge in [-0.3, -0.25) is 9.48 Å². The topological polar surface area (TPSA) is 58.4 Å². The lowest BCUT2D eigenvalue weighted by Crippen LogP contribution is -2.48. The van der Waals surface area contributed by atoms with Crippen molar-refractivity contribution in [1.82, 2.24) is 14.7 Å². The third-order valence-corrected chi connectivity index (χ3v) is 4.67. The first-order chi connectivity index (χ1) is 11.2. The van der Waals surface area contributed by atoms with E-state index in [4.69, 9.17) is 0 Å². The highest BCUT2D eigenvalue weighted by atomic mass is 16.3. The van der Waals surface area contributed by atoms with E-state index in [1.165, 1.54) is 6.42 Å². The molecule has 1 fully saturated rings. The minimum absolute atomic E-state index is 0.00390. The maximum atomic E-state index is 12.9. The Morgan fingerprint density at radius 2 is 2.09 bits per heavy atom. The summed E-state index contributed by atoms with van der Waals surface area (Å²) in [4.78, 5) is 14.7. The van der Waals surface area contributed by atoms with E-state index in [9.17, 15) is 9.90 Å². The van der Waals surface area contributed by atoms with Gasteiger partial charge in [0.25, 0.3) is 5.91 Å². The number of carbonyl (C=O) groups is 1. The minimum atomic E-state index is -0.140. The number of rotatable bonds is 6. The number of aliphatic hydroxyl groups is 1. The van der Waals surface area contributed by atoms with Crippen LogP contribution in [0.25, 0.3) is 0 Å². The summed E-state index contributed by atoms with van der Waals surface area (Å²) in [6.45, 7) is 0.494. The highest BCUT2D eigenvalue weighted by Crippen LogP contribution is 2.33. The van der Waals surface area contributed by atoms with Crippen LogP contribution in [0.5, 0.6) is 0 Å². The number of benzene rings is 1. The highest BCUT2D eigenvalue weighted by molar-refractivity contribution is 5.92. The van der Waals surface area contributed by atoms with Crippen molar-refractivity contribution in [2.75, 3.05) is 6.61 Å². The van der Waals surface area contributed by atoms with Crippen molar-refractivity contribution >= 4 is 5.91 Å². The van der Waals surface area contributed by atoms with E-state index in [-0.39, 0.29) is 18.6 Å². The smallest absolute Gasteiger partial charge is 0.274 e. The fourth-order valence-electron chi connectivity index (χ4n) is 3.12. The second-order valence-electron chi connectivity index (χ2n) is 6.23. The van der Waals surface area contributed by atoms with Gasteiger partial charge in [-0.2, -0.15) is 5.10 Å². The van der Waals surface area contributed by atoms with Crippen molar-refractivity contribution in [2.24, 2.45) is 13.0 Å². The van der Waals surface area contributed by atoms with Gasteiger partial charge in [0.05, 0.1) is 12.6 Å². The van der Waals surface area contributed by atoms with Crippen molar-refractivity contribution in [1.29, 1.82) is 0 Å². The second-order valence-corrected chi connectivity index (χ2v) is 6.23. The van der Waals surface area contributed by atoms with E-state index >= 15 is 0 Å². The minimum Gasteiger partial charge on any atom is -0.394 e. The molecule has 1 heterocycles. The second kappa shape index (κ2) is 6.96. The zero-order chi connectivity index (χ0) is 16.2. The molecule has 1 aromatic heterocycles. The summed E-state index contributed by atoms with van der Waals surface area (Å²) < 4.78 is 1.63. The van der Waals surface area contributed by atoms with Crippen molar-refractivity contribution < 1.29 is 9.90 Å². The van der Waals surface area contributed by atoms with Crippen molar-refractivity contribution in [2.45, 2.75) is 31.8 Å². The van der Waals surface area contributed by atoms with Crippen LogP contribution in [0, 0.1) is 5.92 Å². The van der Waals surface area contributed by atoms with Gasteiger partial charge in [-0.1, -0.05) is 36.8 Å². The summed E-state index contributed by atoms with van der Waals surface area (Å²) in [5.74, 6) is 0.275. The summed E-state index contributed by atoms with van der Waals surface area (Å²) in [5, 5.41) is 14.1. The van der Waals surface area contributed by atoms with E-state index in [1.54, 1.807) is 28.9 Å². The molecule has 1 aliphatic carbocycles. The van der Waals surface area contributed by atoms with Crippen LogP contribution in [-0.4, -0.2) is 38.3 Å². The molecular formula is C18H23N3O2. The first-order valence-corrected chi connectivity index (χ1v) is 8.14. The molecule has 3 rings (SSSR count). The molecule has 1 atom stereocenters. The van der Waals surface area contributed by atoms with Crippen LogP contribution in [0.15, 0.2) is 42.6 Å². The molecule has 5 nitrogen and oxygen atoms in total. The summed E-state index contributed by atoms with van der Waals surface area (Å²) in [6, 6.07) is 11.5. The van der Waals surface area contributed by atoms with Gasteiger partial charge < -0.3 is 10.0 Å². The molecule has 0 spiro atoms. The molecule has 1 aliphatic rings. The summed E-state index contributed by atoms with van der Waals surface area (Å²) in [5.41, 5.74) is 1.50.